The van der Waals surface area contributed by atoms with Crippen LogP contribution in [0.1, 0.15) is 54.4 Å². The molecule has 0 N–H and O–H groups in total. The number of carbonyl (C=O) groups is 1. The molecule has 0 amide bonds. The van der Waals surface area contributed by atoms with Crippen LogP contribution in [0.15, 0.2) is 12.2 Å². The van der Waals surface area contributed by atoms with E-state index >= 15 is 0 Å². The minimum Gasteiger partial charge on any atom is -0.462 e. The summed E-state index contributed by atoms with van der Waals surface area (Å²) in [6.45, 7) is 15.7. The first kappa shape index (κ1) is 21.4. The van der Waals surface area contributed by atoms with Gasteiger partial charge < -0.3 is 13.8 Å². The van der Waals surface area contributed by atoms with E-state index in [4.69, 9.17) is 13.8 Å². The van der Waals surface area contributed by atoms with Crippen molar-refractivity contribution in [2.24, 2.45) is 17.8 Å². The summed E-state index contributed by atoms with van der Waals surface area (Å²) in [5, 5.41) is 0. The first-order chi connectivity index (χ1) is 11.2. The van der Waals surface area contributed by atoms with Gasteiger partial charge in [-0.3, -0.25) is 9.36 Å². The summed E-state index contributed by atoms with van der Waals surface area (Å²) in [5.41, 5.74) is 0.102. The van der Waals surface area contributed by atoms with E-state index in [0.29, 0.717) is 0 Å². The average Bonchev–Trinajstić information content (AvgIpc) is 2.80. The molecule has 24 heavy (non-hydrogen) atoms. The van der Waals surface area contributed by atoms with Gasteiger partial charge in [0.05, 0.1) is 19.3 Å². The van der Waals surface area contributed by atoms with Crippen LogP contribution in [0.3, 0.4) is 0 Å². The van der Waals surface area contributed by atoms with Crippen LogP contribution in [-0.4, -0.2) is 30.9 Å². The molecule has 6 heteroatoms. The second kappa shape index (κ2) is 9.17. The average molecular weight is 360 g/mol. The predicted molar refractivity (Wildman–Crippen MR) is 96.1 cm³/mol. The van der Waals surface area contributed by atoms with Gasteiger partial charge >= 0.3 is 13.6 Å². The van der Waals surface area contributed by atoms with Crippen molar-refractivity contribution in [1.29, 1.82) is 0 Å². The van der Waals surface area contributed by atoms with Crippen LogP contribution < -0.4 is 0 Å². The Balaban J connectivity index is 3.33. The minimum absolute atomic E-state index is 0.124. The Bertz CT molecular complexity index is 478. The monoisotopic (exact) mass is 360 g/mol. The highest BCUT2D eigenvalue weighted by Gasteiger charge is 2.53. The molecule has 0 aromatic carbocycles. The van der Waals surface area contributed by atoms with Crippen LogP contribution in [0.2, 0.25) is 0 Å². The fraction of sp³-hybridized carbons (Fsp3) is 0.833. The zero-order valence-corrected chi connectivity index (χ0v) is 16.8. The van der Waals surface area contributed by atoms with Gasteiger partial charge in [-0.2, -0.15) is 0 Å². The number of ether oxygens (including phenoxy) is 1. The van der Waals surface area contributed by atoms with Crippen LogP contribution in [-0.2, 0) is 23.1 Å². The molecule has 0 bridgehead atoms. The summed E-state index contributed by atoms with van der Waals surface area (Å²) < 4.78 is 30.0. The van der Waals surface area contributed by atoms with E-state index in [0.717, 1.165) is 18.4 Å². The van der Waals surface area contributed by atoms with E-state index in [2.05, 4.69) is 13.5 Å². The summed E-state index contributed by atoms with van der Waals surface area (Å²) in [4.78, 5) is 12.9. The molecule has 1 saturated carbocycles. The second-order valence-electron chi connectivity index (χ2n) is 6.89. The molecule has 0 aliphatic heterocycles. The van der Waals surface area contributed by atoms with Gasteiger partial charge in [0.25, 0.3) is 0 Å². The lowest BCUT2D eigenvalue weighted by atomic mass is 9.83. The van der Waals surface area contributed by atoms with Crippen LogP contribution in [0.5, 0.6) is 0 Å². The number of hydrogen-bond donors (Lipinski definition) is 0. The highest BCUT2D eigenvalue weighted by molar-refractivity contribution is 7.55. The maximum absolute atomic E-state index is 13.5. The van der Waals surface area contributed by atoms with Gasteiger partial charge in [0.15, 0.2) is 5.66 Å². The maximum atomic E-state index is 13.5. The van der Waals surface area contributed by atoms with E-state index in [9.17, 15) is 9.36 Å². The van der Waals surface area contributed by atoms with E-state index in [-0.39, 0.29) is 37.1 Å². The van der Waals surface area contributed by atoms with Gasteiger partial charge in [0.2, 0.25) is 0 Å². The van der Waals surface area contributed by atoms with Crippen molar-refractivity contribution in [2.45, 2.75) is 66.1 Å². The minimum atomic E-state index is -3.62. The predicted octanol–water partition coefficient (Wildman–Crippen LogP) is 4.81. The van der Waals surface area contributed by atoms with Gasteiger partial charge in [-0.05, 0) is 65.2 Å². The van der Waals surface area contributed by atoms with Crippen molar-refractivity contribution < 1.29 is 23.1 Å². The molecule has 5 nitrogen and oxygen atoms in total. The third kappa shape index (κ3) is 4.93. The van der Waals surface area contributed by atoms with E-state index in [1.807, 2.05) is 6.92 Å². The van der Waals surface area contributed by atoms with Crippen molar-refractivity contribution in [3.63, 3.8) is 0 Å². The summed E-state index contributed by atoms with van der Waals surface area (Å²) in [6.07, 6.45) is 1.62. The zero-order chi connectivity index (χ0) is 18.5. The van der Waals surface area contributed by atoms with Gasteiger partial charge in [-0.15, -0.1) is 0 Å². The Hall–Kier alpha value is -0.640. The number of carbonyl (C=O) groups excluding carboxylic acids is 1. The maximum Gasteiger partial charge on any atom is 0.345 e. The normalized spacial score (nSPS) is 25.7. The standard InChI is InChI=1S/C18H33O5P/c1-8-21-24(20,22-9-2)17(18(19)23-13(5)6)16-14(7)10-11-15(16)12(3)4/h13-17H,3,8-11H2,1-2,4-7H3/t14-,15-,16+,17-/m1/s1. The molecule has 0 aromatic rings. The molecule has 1 fully saturated rings. The molecule has 0 radical (unpaired) electrons. The highest BCUT2D eigenvalue weighted by Crippen LogP contribution is 2.61. The van der Waals surface area contributed by atoms with E-state index in [1.165, 1.54) is 0 Å². The summed E-state index contributed by atoms with van der Waals surface area (Å²) in [6, 6.07) is 0. The van der Waals surface area contributed by atoms with Crippen molar-refractivity contribution in [3.05, 3.63) is 12.2 Å². The molecule has 0 heterocycles. The first-order valence-corrected chi connectivity index (χ1v) is 10.5. The lowest BCUT2D eigenvalue weighted by Gasteiger charge is -2.34. The topological polar surface area (TPSA) is 61.8 Å². The van der Waals surface area contributed by atoms with Crippen LogP contribution in [0, 0.1) is 17.8 Å². The quantitative estimate of drug-likeness (QED) is 0.335. The molecule has 1 aliphatic carbocycles. The molecule has 1 rings (SSSR count). The smallest absolute Gasteiger partial charge is 0.345 e. The molecule has 0 unspecified atom stereocenters. The largest absolute Gasteiger partial charge is 0.462 e. The van der Waals surface area contributed by atoms with Crippen molar-refractivity contribution in [3.8, 4) is 0 Å². The lowest BCUT2D eigenvalue weighted by Crippen LogP contribution is -2.38. The number of hydrogen-bond acceptors (Lipinski definition) is 5. The molecule has 0 saturated heterocycles. The number of esters is 1. The van der Waals surface area contributed by atoms with Gasteiger partial charge in [-0.25, -0.2) is 0 Å². The molecule has 4 atom stereocenters. The molecule has 0 spiro atoms. The zero-order valence-electron chi connectivity index (χ0n) is 15.9. The van der Waals surface area contributed by atoms with Gasteiger partial charge in [0, 0.05) is 0 Å². The van der Waals surface area contributed by atoms with Crippen molar-refractivity contribution in [1.82, 2.24) is 0 Å². The summed E-state index contributed by atoms with van der Waals surface area (Å²) in [7, 11) is -3.62. The van der Waals surface area contributed by atoms with Gasteiger partial charge in [0.1, 0.15) is 0 Å². The molecular weight excluding hydrogens is 327 g/mol. The Morgan fingerprint density at radius 2 is 1.75 bits per heavy atom. The fourth-order valence-corrected chi connectivity index (χ4v) is 6.04. The van der Waals surface area contributed by atoms with Crippen molar-refractivity contribution in [2.75, 3.05) is 13.2 Å². The molecule has 140 valence electrons. The highest BCUT2D eigenvalue weighted by atomic mass is 31.2. The first-order valence-electron chi connectivity index (χ1n) is 8.92. The SMILES string of the molecule is C=C(C)[C@H]1CC[C@@H](C)[C@@H]1[C@H](C(=O)OC(C)C)P(=O)(OCC)OCC. The van der Waals surface area contributed by atoms with Crippen LogP contribution in [0.25, 0.3) is 0 Å². The fourth-order valence-electron chi connectivity index (χ4n) is 3.69. The molecular formula is C18H33O5P. The summed E-state index contributed by atoms with van der Waals surface area (Å²) in [5.74, 6) is -0.275. The summed E-state index contributed by atoms with van der Waals surface area (Å²) >= 11 is 0. The number of rotatable bonds is 9. The molecule has 1 aliphatic rings. The Kier molecular flexibility index (Phi) is 8.17. The Morgan fingerprint density at radius 3 is 2.17 bits per heavy atom. The van der Waals surface area contributed by atoms with E-state index in [1.54, 1.807) is 27.7 Å². The number of allylic oxidation sites excluding steroid dienone is 1. The Labute approximate surface area is 146 Å². The van der Waals surface area contributed by atoms with Crippen LogP contribution in [0.4, 0.5) is 0 Å². The van der Waals surface area contributed by atoms with Crippen molar-refractivity contribution >= 4 is 13.6 Å². The van der Waals surface area contributed by atoms with Crippen LogP contribution >= 0.6 is 7.60 Å². The lowest BCUT2D eigenvalue weighted by molar-refractivity contribution is -0.149. The van der Waals surface area contributed by atoms with Gasteiger partial charge in [-0.1, -0.05) is 19.1 Å². The second-order valence-corrected chi connectivity index (χ2v) is 9.04. The molecule has 0 aromatic heterocycles. The Morgan fingerprint density at radius 1 is 1.21 bits per heavy atom. The third-order valence-electron chi connectivity index (χ3n) is 4.60. The third-order valence-corrected chi connectivity index (χ3v) is 7.08. The van der Waals surface area contributed by atoms with E-state index < -0.39 is 19.2 Å².